The lowest BCUT2D eigenvalue weighted by molar-refractivity contribution is -0.118. The molecule has 0 aliphatic heterocycles. The van der Waals surface area contributed by atoms with Gasteiger partial charge >= 0.3 is 0 Å². The average Bonchev–Trinajstić information content (AvgIpc) is 2.55. The first kappa shape index (κ1) is 17.8. The van der Waals surface area contributed by atoms with E-state index in [1.165, 1.54) is 23.9 Å². The monoisotopic (exact) mass is 397 g/mol. The first-order chi connectivity index (χ1) is 11.1. The second-order valence-electron chi connectivity index (χ2n) is 4.86. The summed E-state index contributed by atoms with van der Waals surface area (Å²) >= 11 is 4.81. The molecule has 0 heterocycles. The van der Waals surface area contributed by atoms with Crippen molar-refractivity contribution in [3.8, 4) is 5.75 Å². The number of halogens is 2. The van der Waals surface area contributed by atoms with Gasteiger partial charge < -0.3 is 10.1 Å². The summed E-state index contributed by atoms with van der Waals surface area (Å²) in [5.41, 5.74) is 1.96. The van der Waals surface area contributed by atoms with Crippen molar-refractivity contribution in [2.75, 3.05) is 12.9 Å². The van der Waals surface area contributed by atoms with E-state index < -0.39 is 0 Å². The van der Waals surface area contributed by atoms with Crippen LogP contribution in [0, 0.1) is 5.82 Å². The minimum absolute atomic E-state index is 0.0314. The van der Waals surface area contributed by atoms with Crippen LogP contribution in [0.5, 0.6) is 5.75 Å². The lowest BCUT2D eigenvalue weighted by Crippen LogP contribution is -2.24. The maximum atomic E-state index is 13.0. The second kappa shape index (κ2) is 8.93. The quantitative estimate of drug-likeness (QED) is 0.762. The van der Waals surface area contributed by atoms with E-state index in [4.69, 9.17) is 4.74 Å². The Bertz CT molecular complexity index is 681. The summed E-state index contributed by atoms with van der Waals surface area (Å²) in [7, 11) is 1.61. The van der Waals surface area contributed by atoms with E-state index in [2.05, 4.69) is 21.2 Å². The topological polar surface area (TPSA) is 38.3 Å². The summed E-state index contributed by atoms with van der Waals surface area (Å²) in [5.74, 6) is 1.46. The van der Waals surface area contributed by atoms with Crippen LogP contribution < -0.4 is 10.1 Å². The van der Waals surface area contributed by atoms with Gasteiger partial charge in [-0.2, -0.15) is 0 Å². The third-order valence-corrected chi connectivity index (χ3v) is 4.85. The number of amides is 1. The fourth-order valence-corrected chi connectivity index (χ4v) is 3.46. The van der Waals surface area contributed by atoms with Crippen LogP contribution in [-0.2, 0) is 17.1 Å². The number of benzene rings is 2. The van der Waals surface area contributed by atoms with Gasteiger partial charge in [-0.1, -0.05) is 34.1 Å². The van der Waals surface area contributed by atoms with Crippen molar-refractivity contribution in [2.45, 2.75) is 12.3 Å². The van der Waals surface area contributed by atoms with Gasteiger partial charge in [0.05, 0.1) is 12.9 Å². The Morgan fingerprint density at radius 2 is 2.13 bits per heavy atom. The molecule has 0 saturated heterocycles. The van der Waals surface area contributed by atoms with E-state index in [0.717, 1.165) is 21.3 Å². The molecule has 6 heteroatoms. The minimum Gasteiger partial charge on any atom is -0.497 e. The number of nitrogens with one attached hydrogen (secondary N) is 1. The van der Waals surface area contributed by atoms with Gasteiger partial charge in [0.2, 0.25) is 5.91 Å². The van der Waals surface area contributed by atoms with E-state index in [0.29, 0.717) is 18.1 Å². The van der Waals surface area contributed by atoms with Crippen molar-refractivity contribution in [1.82, 2.24) is 5.32 Å². The van der Waals surface area contributed by atoms with Crippen molar-refractivity contribution >= 4 is 33.6 Å². The summed E-state index contributed by atoms with van der Waals surface area (Å²) in [6, 6.07) is 12.2. The van der Waals surface area contributed by atoms with Crippen molar-refractivity contribution in [3.63, 3.8) is 0 Å². The van der Waals surface area contributed by atoms with Gasteiger partial charge in [-0.3, -0.25) is 4.79 Å². The fraction of sp³-hybridized carbons (Fsp3) is 0.235. The van der Waals surface area contributed by atoms with Crippen molar-refractivity contribution in [1.29, 1.82) is 0 Å². The molecule has 0 radical (unpaired) electrons. The lowest BCUT2D eigenvalue weighted by Gasteiger charge is -2.08. The largest absolute Gasteiger partial charge is 0.497 e. The van der Waals surface area contributed by atoms with Gasteiger partial charge in [-0.25, -0.2) is 4.39 Å². The first-order valence-corrected chi connectivity index (χ1v) is 8.94. The predicted octanol–water partition coefficient (Wildman–Crippen LogP) is 4.15. The van der Waals surface area contributed by atoms with Crippen LogP contribution in [0.2, 0.25) is 0 Å². The Morgan fingerprint density at radius 1 is 1.30 bits per heavy atom. The average molecular weight is 398 g/mol. The second-order valence-corrected chi connectivity index (χ2v) is 6.70. The summed E-state index contributed by atoms with van der Waals surface area (Å²) < 4.78 is 18.9. The van der Waals surface area contributed by atoms with E-state index in [9.17, 15) is 9.18 Å². The molecule has 2 aromatic carbocycles. The summed E-state index contributed by atoms with van der Waals surface area (Å²) in [5, 5.41) is 2.87. The zero-order valence-electron chi connectivity index (χ0n) is 12.6. The van der Waals surface area contributed by atoms with Crippen molar-refractivity contribution < 1.29 is 13.9 Å². The zero-order valence-corrected chi connectivity index (χ0v) is 15.0. The molecule has 2 aromatic rings. The number of methoxy groups -OCH3 is 1. The Morgan fingerprint density at radius 3 is 2.87 bits per heavy atom. The Kier molecular flexibility index (Phi) is 6.92. The van der Waals surface area contributed by atoms with Crippen molar-refractivity contribution in [2.24, 2.45) is 0 Å². The number of carbonyl (C=O) groups is 1. The highest BCUT2D eigenvalue weighted by atomic mass is 79.9. The molecule has 0 spiro atoms. The minimum atomic E-state index is -0.276. The van der Waals surface area contributed by atoms with Crippen LogP contribution in [0.15, 0.2) is 46.9 Å². The maximum absolute atomic E-state index is 13.0. The highest BCUT2D eigenvalue weighted by Crippen LogP contribution is 2.22. The van der Waals surface area contributed by atoms with Crippen LogP contribution in [-0.4, -0.2) is 18.8 Å². The van der Waals surface area contributed by atoms with Gasteiger partial charge in [-0.15, -0.1) is 11.8 Å². The molecule has 122 valence electrons. The van der Waals surface area contributed by atoms with Crippen LogP contribution in [0.4, 0.5) is 4.39 Å². The Labute approximate surface area is 147 Å². The van der Waals surface area contributed by atoms with Gasteiger partial charge in [0.25, 0.3) is 0 Å². The SMILES string of the molecule is COc1cccc(CNC(=O)CSCc2ccc(F)cc2Br)c1. The van der Waals surface area contributed by atoms with E-state index >= 15 is 0 Å². The predicted molar refractivity (Wildman–Crippen MR) is 95.1 cm³/mol. The number of thioether (sulfide) groups is 1. The molecule has 23 heavy (non-hydrogen) atoms. The molecule has 0 saturated carbocycles. The highest BCUT2D eigenvalue weighted by molar-refractivity contribution is 9.10. The highest BCUT2D eigenvalue weighted by Gasteiger charge is 2.05. The third kappa shape index (κ3) is 5.88. The van der Waals surface area contributed by atoms with Gasteiger partial charge in [0.15, 0.2) is 0 Å². The van der Waals surface area contributed by atoms with E-state index in [1.54, 1.807) is 13.2 Å². The standard InChI is InChI=1S/C17H17BrFNO2S/c1-22-15-4-2-3-12(7-15)9-20-17(21)11-23-10-13-5-6-14(19)8-16(13)18/h2-8H,9-11H2,1H3,(H,20,21). The number of hydrogen-bond acceptors (Lipinski definition) is 3. The van der Waals surface area contributed by atoms with E-state index in [1.807, 2.05) is 24.3 Å². The summed E-state index contributed by atoms with van der Waals surface area (Å²) in [4.78, 5) is 11.9. The fourth-order valence-electron chi connectivity index (χ4n) is 1.93. The Hall–Kier alpha value is -1.53. The van der Waals surface area contributed by atoms with Crippen LogP contribution in [0.3, 0.4) is 0 Å². The molecular weight excluding hydrogens is 381 g/mol. The van der Waals surface area contributed by atoms with Crippen LogP contribution in [0.25, 0.3) is 0 Å². The number of rotatable bonds is 7. The van der Waals surface area contributed by atoms with Gasteiger partial charge in [0, 0.05) is 16.8 Å². The molecular formula is C17H17BrFNO2S. The number of carbonyl (C=O) groups excluding carboxylic acids is 1. The molecule has 0 aromatic heterocycles. The third-order valence-electron chi connectivity index (χ3n) is 3.13. The molecule has 0 unspecified atom stereocenters. The number of ether oxygens (including phenoxy) is 1. The molecule has 1 amide bonds. The lowest BCUT2D eigenvalue weighted by atomic mass is 10.2. The van der Waals surface area contributed by atoms with E-state index in [-0.39, 0.29) is 11.7 Å². The number of hydrogen-bond donors (Lipinski definition) is 1. The molecule has 1 N–H and O–H groups in total. The summed E-state index contributed by atoms with van der Waals surface area (Å²) in [6.07, 6.45) is 0. The zero-order chi connectivity index (χ0) is 16.7. The molecule has 3 nitrogen and oxygen atoms in total. The molecule has 0 bridgehead atoms. The molecule has 2 rings (SSSR count). The molecule has 0 atom stereocenters. The smallest absolute Gasteiger partial charge is 0.230 e. The Balaban J connectivity index is 1.74. The summed E-state index contributed by atoms with van der Waals surface area (Å²) in [6.45, 7) is 0.469. The van der Waals surface area contributed by atoms with Gasteiger partial charge in [-0.05, 0) is 35.4 Å². The maximum Gasteiger partial charge on any atom is 0.230 e. The van der Waals surface area contributed by atoms with Crippen molar-refractivity contribution in [3.05, 3.63) is 63.9 Å². The van der Waals surface area contributed by atoms with Crippen LogP contribution in [0.1, 0.15) is 11.1 Å². The van der Waals surface area contributed by atoms with Gasteiger partial charge in [0.1, 0.15) is 11.6 Å². The normalized spacial score (nSPS) is 10.4. The molecule has 0 fully saturated rings. The first-order valence-electron chi connectivity index (χ1n) is 7.00. The molecule has 0 aliphatic carbocycles. The molecule has 0 aliphatic rings. The van der Waals surface area contributed by atoms with Crippen LogP contribution >= 0.6 is 27.7 Å².